The lowest BCUT2D eigenvalue weighted by Gasteiger charge is -2.31. The molecule has 1 aliphatic rings. The Bertz CT molecular complexity index is 537. The molecule has 0 amide bonds. The van der Waals surface area contributed by atoms with Crippen molar-refractivity contribution in [2.75, 3.05) is 26.7 Å². The summed E-state index contributed by atoms with van der Waals surface area (Å²) in [7, 11) is -1.37. The van der Waals surface area contributed by atoms with Crippen LogP contribution in [0.3, 0.4) is 0 Å². The minimum Gasteiger partial charge on any atom is -0.320 e. The minimum absolute atomic E-state index is 0.0472. The number of halogens is 1. The smallest absolute Gasteiger partial charge is 0.218 e. The van der Waals surface area contributed by atoms with E-state index >= 15 is 0 Å². The largest absolute Gasteiger partial charge is 0.320 e. The Morgan fingerprint density at radius 2 is 1.86 bits per heavy atom. The lowest BCUT2D eigenvalue weighted by atomic mass is 9.95. The summed E-state index contributed by atoms with van der Waals surface area (Å²) in [6.45, 7) is 2.17. The third-order valence-corrected chi connectivity index (χ3v) is 5.88. The molecule has 0 atom stereocenters. The van der Waals surface area contributed by atoms with Crippen LogP contribution in [0.25, 0.3) is 0 Å². The zero-order chi connectivity index (χ0) is 15.3. The Hall–Kier alpha value is -0.980. The van der Waals surface area contributed by atoms with Gasteiger partial charge in [0.1, 0.15) is 5.82 Å². The van der Waals surface area contributed by atoms with Gasteiger partial charge >= 0.3 is 0 Å². The van der Waals surface area contributed by atoms with E-state index in [-0.39, 0.29) is 11.6 Å². The van der Waals surface area contributed by atoms with E-state index in [4.69, 9.17) is 0 Å². The molecule has 6 heteroatoms. The Balaban J connectivity index is 1.90. The number of sulfonamides is 1. The molecular formula is C15H23FN2O2S. The highest BCUT2D eigenvalue weighted by molar-refractivity contribution is 7.88. The van der Waals surface area contributed by atoms with Gasteiger partial charge in [0.15, 0.2) is 0 Å². The Morgan fingerprint density at radius 1 is 1.24 bits per heavy atom. The molecule has 0 bridgehead atoms. The predicted octanol–water partition coefficient (Wildman–Crippen LogP) is 1.98. The molecule has 0 radical (unpaired) electrons. The van der Waals surface area contributed by atoms with Gasteiger partial charge in [0, 0.05) is 13.1 Å². The first-order valence-corrected chi connectivity index (χ1v) is 8.99. The molecule has 1 aliphatic heterocycles. The van der Waals surface area contributed by atoms with Crippen LogP contribution in [0, 0.1) is 11.7 Å². The molecule has 1 fully saturated rings. The first-order valence-electron chi connectivity index (χ1n) is 7.38. The fraction of sp³-hybridized carbons (Fsp3) is 0.600. The SMILES string of the molecule is CNCCC1CCN(S(=O)(=O)Cc2ccc(F)cc2)CC1. The number of rotatable bonds is 6. The summed E-state index contributed by atoms with van der Waals surface area (Å²) in [6, 6.07) is 5.67. The van der Waals surface area contributed by atoms with Crippen LogP contribution in [0.2, 0.25) is 0 Å². The molecule has 0 aliphatic carbocycles. The summed E-state index contributed by atoms with van der Waals surface area (Å²) < 4.78 is 39.2. The van der Waals surface area contributed by atoms with Crippen LogP contribution in [0.4, 0.5) is 4.39 Å². The van der Waals surface area contributed by atoms with Crippen molar-refractivity contribution in [1.82, 2.24) is 9.62 Å². The number of hydrogen-bond acceptors (Lipinski definition) is 3. The lowest BCUT2D eigenvalue weighted by Crippen LogP contribution is -2.39. The molecule has 2 rings (SSSR count). The maximum atomic E-state index is 12.9. The molecule has 1 saturated heterocycles. The van der Waals surface area contributed by atoms with Gasteiger partial charge < -0.3 is 5.32 Å². The van der Waals surface area contributed by atoms with E-state index in [1.165, 1.54) is 24.3 Å². The van der Waals surface area contributed by atoms with Gasteiger partial charge in [-0.05, 0) is 56.5 Å². The standard InChI is InChI=1S/C15H23FN2O2S/c1-17-9-6-13-7-10-18(11-8-13)21(19,20)12-14-2-4-15(16)5-3-14/h2-5,13,17H,6-12H2,1H3. The van der Waals surface area contributed by atoms with E-state index in [2.05, 4.69) is 5.32 Å². The number of nitrogens with zero attached hydrogens (tertiary/aromatic N) is 1. The van der Waals surface area contributed by atoms with E-state index in [1.54, 1.807) is 4.31 Å². The van der Waals surface area contributed by atoms with Crippen molar-refractivity contribution in [3.63, 3.8) is 0 Å². The first-order chi connectivity index (χ1) is 10.0. The van der Waals surface area contributed by atoms with Crippen molar-refractivity contribution in [3.05, 3.63) is 35.6 Å². The van der Waals surface area contributed by atoms with E-state index in [1.807, 2.05) is 7.05 Å². The van der Waals surface area contributed by atoms with E-state index < -0.39 is 10.0 Å². The molecule has 0 spiro atoms. The number of hydrogen-bond donors (Lipinski definition) is 1. The van der Waals surface area contributed by atoms with Crippen molar-refractivity contribution in [1.29, 1.82) is 0 Å². The van der Waals surface area contributed by atoms with Crippen LogP contribution in [0.1, 0.15) is 24.8 Å². The third-order valence-electron chi connectivity index (χ3n) is 4.03. The van der Waals surface area contributed by atoms with Crippen LogP contribution in [0.5, 0.6) is 0 Å². The van der Waals surface area contributed by atoms with Gasteiger partial charge in [0.05, 0.1) is 5.75 Å². The van der Waals surface area contributed by atoms with Crippen molar-refractivity contribution in [2.24, 2.45) is 5.92 Å². The summed E-state index contributed by atoms with van der Waals surface area (Å²) in [6.07, 6.45) is 2.94. The maximum Gasteiger partial charge on any atom is 0.218 e. The molecule has 0 saturated carbocycles. The van der Waals surface area contributed by atoms with Crippen molar-refractivity contribution in [3.8, 4) is 0 Å². The van der Waals surface area contributed by atoms with Crippen LogP contribution in [-0.2, 0) is 15.8 Å². The monoisotopic (exact) mass is 314 g/mol. The van der Waals surface area contributed by atoms with Crippen LogP contribution >= 0.6 is 0 Å². The molecule has 0 aromatic heterocycles. The summed E-state index contributed by atoms with van der Waals surface area (Å²) in [5, 5.41) is 3.13. The Morgan fingerprint density at radius 3 is 2.43 bits per heavy atom. The molecule has 0 unspecified atom stereocenters. The second-order valence-electron chi connectivity index (χ2n) is 5.62. The highest BCUT2D eigenvalue weighted by Gasteiger charge is 2.27. The van der Waals surface area contributed by atoms with E-state index in [0.717, 1.165) is 25.8 Å². The average Bonchev–Trinajstić information content (AvgIpc) is 2.48. The van der Waals surface area contributed by atoms with Gasteiger partial charge in [-0.3, -0.25) is 0 Å². The minimum atomic E-state index is -3.30. The Kier molecular flexibility index (Phi) is 5.72. The lowest BCUT2D eigenvalue weighted by molar-refractivity contribution is 0.263. The maximum absolute atomic E-state index is 12.9. The normalized spacial score (nSPS) is 18.0. The van der Waals surface area contributed by atoms with Gasteiger partial charge in [0.25, 0.3) is 0 Å². The number of nitrogens with one attached hydrogen (secondary N) is 1. The van der Waals surface area contributed by atoms with E-state index in [9.17, 15) is 12.8 Å². The molecule has 1 aromatic rings. The highest BCUT2D eigenvalue weighted by atomic mass is 32.2. The summed E-state index contributed by atoms with van der Waals surface area (Å²) in [5.74, 6) is 0.213. The van der Waals surface area contributed by atoms with Gasteiger partial charge in [-0.15, -0.1) is 0 Å². The second-order valence-corrected chi connectivity index (χ2v) is 7.59. The zero-order valence-electron chi connectivity index (χ0n) is 12.4. The highest BCUT2D eigenvalue weighted by Crippen LogP contribution is 2.23. The number of benzene rings is 1. The fourth-order valence-electron chi connectivity index (χ4n) is 2.71. The fourth-order valence-corrected chi connectivity index (χ4v) is 4.27. The molecule has 1 aromatic carbocycles. The predicted molar refractivity (Wildman–Crippen MR) is 81.9 cm³/mol. The van der Waals surface area contributed by atoms with Crippen molar-refractivity contribution < 1.29 is 12.8 Å². The molecule has 1 heterocycles. The van der Waals surface area contributed by atoms with Crippen LogP contribution in [-0.4, -0.2) is 39.4 Å². The quantitative estimate of drug-likeness (QED) is 0.873. The topological polar surface area (TPSA) is 49.4 Å². The summed E-state index contributed by atoms with van der Waals surface area (Å²) >= 11 is 0. The van der Waals surface area contributed by atoms with Gasteiger partial charge in [-0.1, -0.05) is 12.1 Å². The van der Waals surface area contributed by atoms with Crippen LogP contribution < -0.4 is 5.32 Å². The second kappa shape index (κ2) is 7.33. The van der Waals surface area contributed by atoms with Crippen molar-refractivity contribution >= 4 is 10.0 Å². The van der Waals surface area contributed by atoms with E-state index in [0.29, 0.717) is 24.6 Å². The first kappa shape index (κ1) is 16.4. The molecule has 1 N–H and O–H groups in total. The molecular weight excluding hydrogens is 291 g/mol. The summed E-state index contributed by atoms with van der Waals surface area (Å²) in [4.78, 5) is 0. The third kappa shape index (κ3) is 4.76. The Labute approximate surface area is 126 Å². The van der Waals surface area contributed by atoms with Gasteiger partial charge in [0.2, 0.25) is 10.0 Å². The molecule has 4 nitrogen and oxygen atoms in total. The number of piperidine rings is 1. The zero-order valence-corrected chi connectivity index (χ0v) is 13.2. The average molecular weight is 314 g/mol. The van der Waals surface area contributed by atoms with Crippen molar-refractivity contribution in [2.45, 2.75) is 25.0 Å². The summed E-state index contributed by atoms with van der Waals surface area (Å²) in [5.41, 5.74) is 0.633. The molecule has 118 valence electrons. The molecule has 21 heavy (non-hydrogen) atoms. The van der Waals surface area contributed by atoms with Gasteiger partial charge in [-0.25, -0.2) is 17.1 Å². The van der Waals surface area contributed by atoms with Gasteiger partial charge in [-0.2, -0.15) is 0 Å². The van der Waals surface area contributed by atoms with Crippen LogP contribution in [0.15, 0.2) is 24.3 Å².